The number of hydrogen-bond donors (Lipinski definition) is 1. The molecule has 1 N–H and O–H groups in total. The molecule has 2 heterocycles. The second-order valence-electron chi connectivity index (χ2n) is 6.31. The van der Waals surface area contributed by atoms with Gasteiger partial charge in [0.25, 0.3) is 0 Å². The normalized spacial score (nSPS) is 11.3. The van der Waals surface area contributed by atoms with Crippen LogP contribution in [0.25, 0.3) is 17.1 Å². The minimum Gasteiger partial charge on any atom is -0.406 e. The van der Waals surface area contributed by atoms with E-state index in [1.54, 1.807) is 18.5 Å². The molecule has 9 heteroatoms. The fourth-order valence-electron chi connectivity index (χ4n) is 2.86. The number of nitrogens with one attached hydrogen (secondary N) is 1. The summed E-state index contributed by atoms with van der Waals surface area (Å²) in [7, 11) is 0. The molecule has 6 nitrogen and oxygen atoms in total. The monoisotopic (exact) mass is 411 g/mol. The molecule has 0 aliphatic carbocycles. The summed E-state index contributed by atoms with van der Waals surface area (Å²) in [4.78, 5) is 8.32. The van der Waals surface area contributed by atoms with Crippen molar-refractivity contribution in [1.29, 1.82) is 0 Å². The first-order valence-corrected chi connectivity index (χ1v) is 8.98. The van der Waals surface area contributed by atoms with E-state index in [1.165, 1.54) is 29.2 Å². The van der Waals surface area contributed by atoms with Gasteiger partial charge in [-0.2, -0.15) is 0 Å². The van der Waals surface area contributed by atoms with E-state index in [4.69, 9.17) is 0 Å². The minimum atomic E-state index is -4.76. The number of hydrogen-bond acceptors (Lipinski definition) is 5. The molecule has 30 heavy (non-hydrogen) atoms. The van der Waals surface area contributed by atoms with Crippen molar-refractivity contribution in [1.82, 2.24) is 19.7 Å². The molecular weight excluding hydrogens is 395 g/mol. The van der Waals surface area contributed by atoms with Crippen LogP contribution in [0.2, 0.25) is 0 Å². The zero-order valence-corrected chi connectivity index (χ0v) is 15.5. The van der Waals surface area contributed by atoms with E-state index in [2.05, 4.69) is 25.1 Å². The Hall–Kier alpha value is -3.88. The summed E-state index contributed by atoms with van der Waals surface area (Å²) in [6.45, 7) is 0.594. The molecule has 2 aromatic heterocycles. The summed E-state index contributed by atoms with van der Waals surface area (Å²) in [5.74, 6) is 0.117. The molecule has 0 spiro atoms. The average Bonchev–Trinajstić information content (AvgIpc) is 3.22. The lowest BCUT2D eigenvalue weighted by Crippen LogP contribution is -2.17. The van der Waals surface area contributed by atoms with Crippen molar-refractivity contribution in [3.63, 3.8) is 0 Å². The van der Waals surface area contributed by atoms with Crippen LogP contribution in [-0.4, -0.2) is 26.1 Å². The molecule has 0 amide bonds. The van der Waals surface area contributed by atoms with Crippen molar-refractivity contribution < 1.29 is 17.9 Å². The number of benzene rings is 2. The van der Waals surface area contributed by atoms with Crippen LogP contribution in [-0.2, 0) is 6.54 Å². The molecule has 2 aromatic carbocycles. The summed E-state index contributed by atoms with van der Waals surface area (Å²) >= 11 is 0. The fourth-order valence-corrected chi connectivity index (χ4v) is 2.86. The van der Waals surface area contributed by atoms with Crippen LogP contribution < -0.4 is 10.1 Å². The van der Waals surface area contributed by atoms with Gasteiger partial charge in [0.05, 0.1) is 5.69 Å². The SMILES string of the molecule is FC(F)(F)Oc1cccc(-n2cnc(-c3ccccc3NCc3ccncc3)n2)c1. The van der Waals surface area contributed by atoms with Gasteiger partial charge in [-0.05, 0) is 42.0 Å². The van der Waals surface area contributed by atoms with Gasteiger partial charge in [0.2, 0.25) is 0 Å². The Morgan fingerprint density at radius 3 is 2.57 bits per heavy atom. The number of aromatic nitrogens is 4. The molecular formula is C21H16F3N5O. The highest BCUT2D eigenvalue weighted by Gasteiger charge is 2.31. The van der Waals surface area contributed by atoms with Crippen molar-refractivity contribution in [3.8, 4) is 22.8 Å². The third-order valence-corrected chi connectivity index (χ3v) is 4.21. The number of nitrogens with zero attached hydrogens (tertiary/aromatic N) is 4. The average molecular weight is 411 g/mol. The van der Waals surface area contributed by atoms with Crippen LogP contribution in [0, 0.1) is 0 Å². The van der Waals surface area contributed by atoms with Crippen molar-refractivity contribution in [3.05, 3.63) is 84.9 Å². The molecule has 0 bridgehead atoms. The lowest BCUT2D eigenvalue weighted by molar-refractivity contribution is -0.274. The first kappa shape index (κ1) is 19.4. The van der Waals surface area contributed by atoms with Gasteiger partial charge in [0.1, 0.15) is 12.1 Å². The summed E-state index contributed by atoms with van der Waals surface area (Å²) in [5.41, 5.74) is 3.08. The Morgan fingerprint density at radius 1 is 0.967 bits per heavy atom. The maximum absolute atomic E-state index is 12.5. The van der Waals surface area contributed by atoms with Crippen molar-refractivity contribution in [2.45, 2.75) is 12.9 Å². The maximum atomic E-state index is 12.5. The second-order valence-corrected chi connectivity index (χ2v) is 6.31. The van der Waals surface area contributed by atoms with E-state index in [9.17, 15) is 13.2 Å². The Kier molecular flexibility index (Phi) is 5.34. The fraction of sp³-hybridized carbons (Fsp3) is 0.0952. The number of anilines is 1. The van der Waals surface area contributed by atoms with E-state index >= 15 is 0 Å². The first-order chi connectivity index (χ1) is 14.5. The van der Waals surface area contributed by atoms with Crippen LogP contribution >= 0.6 is 0 Å². The van der Waals surface area contributed by atoms with Crippen molar-refractivity contribution >= 4 is 5.69 Å². The number of pyridine rings is 1. The molecule has 0 aliphatic heterocycles. The van der Waals surface area contributed by atoms with Gasteiger partial charge in [-0.25, -0.2) is 9.67 Å². The Morgan fingerprint density at radius 2 is 1.77 bits per heavy atom. The molecule has 0 saturated carbocycles. The van der Waals surface area contributed by atoms with Gasteiger partial charge in [-0.3, -0.25) is 4.98 Å². The zero-order chi connectivity index (χ0) is 21.0. The van der Waals surface area contributed by atoms with E-state index in [0.29, 0.717) is 18.1 Å². The summed E-state index contributed by atoms with van der Waals surface area (Å²) in [6, 6.07) is 16.9. The quantitative estimate of drug-likeness (QED) is 0.492. The van der Waals surface area contributed by atoms with Crippen LogP contribution in [0.5, 0.6) is 5.75 Å². The molecule has 0 aliphatic rings. The number of para-hydroxylation sites is 1. The molecule has 4 rings (SSSR count). The lowest BCUT2D eigenvalue weighted by Gasteiger charge is -2.10. The second kappa shape index (κ2) is 8.24. The highest BCUT2D eigenvalue weighted by Crippen LogP contribution is 2.27. The van der Waals surface area contributed by atoms with Crippen molar-refractivity contribution in [2.75, 3.05) is 5.32 Å². The van der Waals surface area contributed by atoms with Gasteiger partial charge in [0.15, 0.2) is 5.82 Å². The molecule has 152 valence electrons. The van der Waals surface area contributed by atoms with Crippen LogP contribution in [0.15, 0.2) is 79.4 Å². The van der Waals surface area contributed by atoms with E-state index in [-0.39, 0.29) is 5.75 Å². The number of halogens is 3. The van der Waals surface area contributed by atoms with Gasteiger partial charge >= 0.3 is 6.36 Å². The van der Waals surface area contributed by atoms with Gasteiger partial charge in [-0.1, -0.05) is 18.2 Å². The Labute approximate surface area is 170 Å². The standard InChI is InChI=1S/C21H16F3N5O/c22-21(23,24)30-17-5-3-4-16(12-17)29-14-27-20(28-29)18-6-1-2-7-19(18)26-13-15-8-10-25-11-9-15/h1-12,14,26H,13H2. The largest absolute Gasteiger partial charge is 0.573 e. The summed E-state index contributed by atoms with van der Waals surface area (Å²) in [5, 5.41) is 7.77. The third-order valence-electron chi connectivity index (χ3n) is 4.21. The van der Waals surface area contributed by atoms with Crippen LogP contribution in [0.3, 0.4) is 0 Å². The Bertz CT molecular complexity index is 1130. The molecule has 0 unspecified atom stereocenters. The molecule has 4 aromatic rings. The summed E-state index contributed by atoms with van der Waals surface area (Å²) in [6.07, 6.45) is 0.138. The predicted octanol–water partition coefficient (Wildman–Crippen LogP) is 4.84. The third kappa shape index (κ3) is 4.75. The maximum Gasteiger partial charge on any atom is 0.573 e. The number of alkyl halides is 3. The Balaban J connectivity index is 1.57. The predicted molar refractivity (Wildman–Crippen MR) is 105 cm³/mol. The van der Waals surface area contributed by atoms with Crippen molar-refractivity contribution in [2.24, 2.45) is 0 Å². The summed E-state index contributed by atoms with van der Waals surface area (Å²) < 4.78 is 42.8. The van der Waals surface area contributed by atoms with Gasteiger partial charge < -0.3 is 10.1 Å². The molecule has 0 fully saturated rings. The highest BCUT2D eigenvalue weighted by molar-refractivity contribution is 5.73. The molecule has 0 saturated heterocycles. The van der Waals surface area contributed by atoms with Crippen LogP contribution in [0.4, 0.5) is 18.9 Å². The minimum absolute atomic E-state index is 0.323. The highest BCUT2D eigenvalue weighted by atomic mass is 19.4. The zero-order valence-electron chi connectivity index (χ0n) is 15.5. The first-order valence-electron chi connectivity index (χ1n) is 8.98. The van der Waals surface area contributed by atoms with E-state index < -0.39 is 6.36 Å². The van der Waals surface area contributed by atoms with Gasteiger partial charge in [0, 0.05) is 36.3 Å². The van der Waals surface area contributed by atoms with E-state index in [1.807, 2.05) is 36.4 Å². The van der Waals surface area contributed by atoms with E-state index in [0.717, 1.165) is 16.8 Å². The van der Waals surface area contributed by atoms with Gasteiger partial charge in [-0.15, -0.1) is 18.3 Å². The topological polar surface area (TPSA) is 64.9 Å². The van der Waals surface area contributed by atoms with Crippen LogP contribution in [0.1, 0.15) is 5.56 Å². The number of ether oxygens (including phenoxy) is 1. The molecule has 0 atom stereocenters. The lowest BCUT2D eigenvalue weighted by atomic mass is 10.1. The number of rotatable bonds is 6. The molecule has 0 radical (unpaired) electrons. The smallest absolute Gasteiger partial charge is 0.406 e.